The van der Waals surface area contributed by atoms with Crippen molar-refractivity contribution >= 4 is 34.5 Å². The van der Waals surface area contributed by atoms with Gasteiger partial charge in [-0.25, -0.2) is 0 Å². The number of hydrogen-bond donors (Lipinski definition) is 2. The Balaban J connectivity index is 2.06. The lowest BCUT2D eigenvalue weighted by Gasteiger charge is -2.37. The second-order valence-electron chi connectivity index (χ2n) is 5.06. The zero-order valence-corrected chi connectivity index (χ0v) is 12.9. The fraction of sp³-hybridized carbons (Fsp3) is 0.429. The van der Waals surface area contributed by atoms with Crippen LogP contribution in [0.25, 0.3) is 0 Å². The molecule has 0 heterocycles. The Bertz CT molecular complexity index is 523. The van der Waals surface area contributed by atoms with E-state index in [0.717, 1.165) is 15.6 Å². The number of carboxylic acids is 1. The third-order valence-corrected chi connectivity index (χ3v) is 5.22. The van der Waals surface area contributed by atoms with Crippen LogP contribution in [0.1, 0.15) is 35.2 Å². The van der Waals surface area contributed by atoms with Crippen molar-refractivity contribution in [2.45, 2.75) is 26.2 Å². The van der Waals surface area contributed by atoms with Crippen molar-refractivity contribution in [3.05, 3.63) is 32.9 Å². The lowest BCUT2D eigenvalue weighted by atomic mass is 9.69. The Hall–Kier alpha value is -1.11. The minimum Gasteiger partial charge on any atom is -0.481 e. The molecule has 1 aliphatic carbocycles. The number of amides is 1. The quantitative estimate of drug-likeness (QED) is 0.798. The molecule has 1 aromatic rings. The van der Waals surface area contributed by atoms with E-state index in [-0.39, 0.29) is 12.5 Å². The van der Waals surface area contributed by atoms with E-state index in [0.29, 0.717) is 18.4 Å². The number of halogens is 1. The highest BCUT2D eigenvalue weighted by Crippen LogP contribution is 2.40. The molecule has 2 N–H and O–H groups in total. The molecule has 0 spiro atoms. The largest absolute Gasteiger partial charge is 0.481 e. The predicted octanol–water partition coefficient (Wildman–Crippen LogP) is 2.58. The zero-order chi connectivity index (χ0) is 14.0. The SMILES string of the molecule is Cc1cccc(C(=O)NCC2(C(=O)O)CCC2)c1I. The van der Waals surface area contributed by atoms with Crippen LogP contribution in [-0.2, 0) is 4.79 Å². The highest BCUT2D eigenvalue weighted by atomic mass is 127. The van der Waals surface area contributed by atoms with Crippen LogP contribution >= 0.6 is 22.6 Å². The van der Waals surface area contributed by atoms with Crippen molar-refractivity contribution < 1.29 is 14.7 Å². The van der Waals surface area contributed by atoms with Gasteiger partial charge in [0.05, 0.1) is 11.0 Å². The van der Waals surface area contributed by atoms with Gasteiger partial charge in [0.1, 0.15) is 0 Å². The van der Waals surface area contributed by atoms with Crippen molar-refractivity contribution in [2.75, 3.05) is 6.54 Å². The highest BCUT2D eigenvalue weighted by Gasteiger charge is 2.44. The molecule has 1 aliphatic rings. The van der Waals surface area contributed by atoms with Gasteiger partial charge in [0.2, 0.25) is 0 Å². The van der Waals surface area contributed by atoms with Crippen molar-refractivity contribution in [3.8, 4) is 0 Å². The summed E-state index contributed by atoms with van der Waals surface area (Å²) in [6.45, 7) is 2.16. The van der Waals surface area contributed by atoms with Crippen LogP contribution in [0.2, 0.25) is 0 Å². The number of carbonyl (C=O) groups excluding carboxylic acids is 1. The van der Waals surface area contributed by atoms with Gasteiger partial charge in [-0.1, -0.05) is 18.6 Å². The molecule has 2 rings (SSSR count). The van der Waals surface area contributed by atoms with Crippen LogP contribution < -0.4 is 5.32 Å². The Morgan fingerprint density at radius 3 is 2.63 bits per heavy atom. The maximum absolute atomic E-state index is 12.1. The molecule has 19 heavy (non-hydrogen) atoms. The molecule has 1 saturated carbocycles. The molecule has 1 fully saturated rings. The molecule has 5 heteroatoms. The van der Waals surface area contributed by atoms with Crippen LogP contribution in [0, 0.1) is 15.9 Å². The average molecular weight is 373 g/mol. The molecule has 0 bridgehead atoms. The summed E-state index contributed by atoms with van der Waals surface area (Å²) in [5.74, 6) is -1.00. The van der Waals surface area contributed by atoms with E-state index in [2.05, 4.69) is 27.9 Å². The van der Waals surface area contributed by atoms with E-state index in [1.807, 2.05) is 19.1 Å². The minimum atomic E-state index is -0.807. The van der Waals surface area contributed by atoms with Gasteiger partial charge >= 0.3 is 5.97 Å². The lowest BCUT2D eigenvalue weighted by molar-refractivity contribution is -0.153. The third kappa shape index (κ3) is 2.75. The smallest absolute Gasteiger partial charge is 0.311 e. The van der Waals surface area contributed by atoms with Crippen LogP contribution in [0.4, 0.5) is 0 Å². The summed E-state index contributed by atoms with van der Waals surface area (Å²) >= 11 is 2.14. The van der Waals surface area contributed by atoms with Crippen molar-refractivity contribution in [1.29, 1.82) is 0 Å². The number of carboxylic acid groups (broad SMARTS) is 1. The summed E-state index contributed by atoms with van der Waals surface area (Å²) in [5, 5.41) is 12.0. The second kappa shape index (κ2) is 5.48. The molecule has 0 radical (unpaired) electrons. The summed E-state index contributed by atoms with van der Waals surface area (Å²) in [4.78, 5) is 23.3. The maximum atomic E-state index is 12.1. The fourth-order valence-corrected chi connectivity index (χ4v) is 2.84. The van der Waals surface area contributed by atoms with Gasteiger partial charge in [-0.05, 0) is 54.0 Å². The zero-order valence-electron chi connectivity index (χ0n) is 10.7. The molecular weight excluding hydrogens is 357 g/mol. The summed E-state index contributed by atoms with van der Waals surface area (Å²) in [6.07, 6.45) is 2.21. The lowest BCUT2D eigenvalue weighted by Crippen LogP contribution is -2.47. The number of aryl methyl sites for hydroxylation is 1. The molecule has 1 aromatic carbocycles. The van der Waals surface area contributed by atoms with E-state index < -0.39 is 11.4 Å². The van der Waals surface area contributed by atoms with E-state index in [1.165, 1.54) is 0 Å². The number of carbonyl (C=O) groups is 2. The van der Waals surface area contributed by atoms with E-state index in [9.17, 15) is 14.7 Å². The van der Waals surface area contributed by atoms with Gasteiger partial charge in [-0.2, -0.15) is 0 Å². The Kier molecular flexibility index (Phi) is 4.13. The number of nitrogens with one attached hydrogen (secondary N) is 1. The molecule has 0 atom stereocenters. The summed E-state index contributed by atoms with van der Waals surface area (Å²) in [7, 11) is 0. The molecule has 0 saturated heterocycles. The van der Waals surface area contributed by atoms with Crippen LogP contribution in [0.15, 0.2) is 18.2 Å². The van der Waals surface area contributed by atoms with Crippen molar-refractivity contribution in [3.63, 3.8) is 0 Å². The van der Waals surface area contributed by atoms with E-state index in [1.54, 1.807) is 6.07 Å². The van der Waals surface area contributed by atoms with Crippen molar-refractivity contribution in [2.24, 2.45) is 5.41 Å². The molecule has 0 aromatic heterocycles. The normalized spacial score (nSPS) is 16.5. The Labute approximate surface area is 125 Å². The first-order valence-corrected chi connectivity index (χ1v) is 7.31. The molecule has 1 amide bonds. The van der Waals surface area contributed by atoms with Crippen LogP contribution in [0.5, 0.6) is 0 Å². The molecule has 4 nitrogen and oxygen atoms in total. The standard InChI is InChI=1S/C14H16INO3/c1-9-4-2-5-10(11(9)15)12(17)16-8-14(13(18)19)6-3-7-14/h2,4-5H,3,6-8H2,1H3,(H,16,17)(H,18,19). The molecular formula is C14H16INO3. The monoisotopic (exact) mass is 373 g/mol. The van der Waals surface area contributed by atoms with Crippen LogP contribution in [0.3, 0.4) is 0 Å². The molecule has 0 unspecified atom stereocenters. The van der Waals surface area contributed by atoms with Gasteiger partial charge in [0, 0.05) is 10.1 Å². The van der Waals surface area contributed by atoms with Gasteiger partial charge in [0.15, 0.2) is 0 Å². The third-order valence-electron chi connectivity index (χ3n) is 3.79. The van der Waals surface area contributed by atoms with Crippen LogP contribution in [-0.4, -0.2) is 23.5 Å². The van der Waals surface area contributed by atoms with Gasteiger partial charge in [-0.15, -0.1) is 0 Å². The Morgan fingerprint density at radius 1 is 1.42 bits per heavy atom. The fourth-order valence-electron chi connectivity index (χ4n) is 2.24. The summed E-state index contributed by atoms with van der Waals surface area (Å²) < 4.78 is 0.913. The Morgan fingerprint density at radius 2 is 2.11 bits per heavy atom. The van der Waals surface area contributed by atoms with Gasteiger partial charge < -0.3 is 10.4 Å². The predicted molar refractivity (Wildman–Crippen MR) is 80.1 cm³/mol. The first kappa shape index (κ1) is 14.3. The average Bonchev–Trinajstić information content (AvgIpc) is 2.30. The second-order valence-corrected chi connectivity index (χ2v) is 6.14. The van der Waals surface area contributed by atoms with Gasteiger partial charge in [-0.3, -0.25) is 9.59 Å². The first-order chi connectivity index (χ1) is 8.96. The highest BCUT2D eigenvalue weighted by molar-refractivity contribution is 14.1. The van der Waals surface area contributed by atoms with Crippen molar-refractivity contribution in [1.82, 2.24) is 5.32 Å². The van der Waals surface area contributed by atoms with Gasteiger partial charge in [0.25, 0.3) is 5.91 Å². The summed E-state index contributed by atoms with van der Waals surface area (Å²) in [6, 6.07) is 5.55. The number of hydrogen-bond acceptors (Lipinski definition) is 2. The molecule has 102 valence electrons. The molecule has 0 aliphatic heterocycles. The van der Waals surface area contributed by atoms with E-state index in [4.69, 9.17) is 0 Å². The number of rotatable bonds is 4. The topological polar surface area (TPSA) is 66.4 Å². The first-order valence-electron chi connectivity index (χ1n) is 6.23. The summed E-state index contributed by atoms with van der Waals surface area (Å²) in [5.41, 5.74) is 0.913. The van der Waals surface area contributed by atoms with E-state index >= 15 is 0 Å². The number of benzene rings is 1. The minimum absolute atomic E-state index is 0.194. The maximum Gasteiger partial charge on any atom is 0.311 e. The number of aliphatic carboxylic acids is 1.